The summed E-state index contributed by atoms with van der Waals surface area (Å²) in [7, 11) is 0.254. The minimum atomic E-state index is -2.62. The van der Waals surface area contributed by atoms with Gasteiger partial charge in [-0.15, -0.1) is 0 Å². The van der Waals surface area contributed by atoms with E-state index in [0.29, 0.717) is 0 Å². The molecule has 90 valence electrons. The highest BCUT2D eigenvalue weighted by molar-refractivity contribution is 6.53. The normalized spacial score (nSPS) is 39.2. The Kier molecular flexibility index (Phi) is 1.59. The van der Waals surface area contributed by atoms with E-state index in [2.05, 4.69) is 0 Å². The minimum absolute atomic E-state index is 0.156. The Morgan fingerprint density at radius 2 is 1.94 bits per heavy atom. The lowest BCUT2D eigenvalue weighted by atomic mass is 9.86. The molecule has 4 nitrogen and oxygen atoms in total. The molecule has 0 unspecified atom stereocenters. The van der Waals surface area contributed by atoms with E-state index in [1.165, 1.54) is 7.05 Å². The highest BCUT2D eigenvalue weighted by Crippen LogP contribution is 2.38. The second kappa shape index (κ2) is 3.67. The zero-order chi connectivity index (χ0) is 16.4. The predicted octanol–water partition coefficient (Wildman–Crippen LogP) is 1.42. The van der Waals surface area contributed by atoms with Gasteiger partial charge in [-0.3, -0.25) is 0 Å². The molecule has 0 bridgehead atoms. The summed E-state index contributed by atoms with van der Waals surface area (Å²) in [5.41, 5.74) is -1.47. The van der Waals surface area contributed by atoms with Crippen molar-refractivity contribution in [1.82, 2.24) is 4.90 Å². The molecule has 1 fully saturated rings. The topological polar surface area (TPSA) is 30.9 Å². The third kappa shape index (κ3) is 1.94. The fraction of sp³-hybridized carbons (Fsp3) is 0.818. The highest BCUT2D eigenvalue weighted by Gasteiger charge is 2.53. The Morgan fingerprint density at radius 1 is 1.38 bits per heavy atom. The van der Waals surface area contributed by atoms with Gasteiger partial charge in [0.15, 0.2) is 0 Å². The number of rotatable bonds is 1. The van der Waals surface area contributed by atoms with Crippen LogP contribution in [0.15, 0.2) is 11.8 Å². The van der Waals surface area contributed by atoms with Crippen molar-refractivity contribution in [2.75, 3.05) is 20.1 Å². The monoisotopic (exact) mass is 230 g/mol. The van der Waals surface area contributed by atoms with E-state index in [4.69, 9.17) is 20.9 Å². The van der Waals surface area contributed by atoms with Crippen LogP contribution in [0.3, 0.4) is 0 Å². The van der Waals surface area contributed by atoms with E-state index in [0.717, 1.165) is 4.90 Å². The van der Waals surface area contributed by atoms with Gasteiger partial charge in [-0.25, -0.2) is 0 Å². The summed E-state index contributed by atoms with van der Waals surface area (Å²) >= 11 is 0. The lowest BCUT2D eigenvalue weighted by molar-refractivity contribution is 0.00578. The average Bonchev–Trinajstić information content (AvgIpc) is 2.51. The third-order valence-corrected chi connectivity index (χ3v) is 3.12. The number of nitrogens with zero attached hydrogens (tertiary/aromatic N) is 1. The Balaban J connectivity index is 2.40. The first-order valence-corrected chi connectivity index (χ1v) is 5.22. The summed E-state index contributed by atoms with van der Waals surface area (Å²) in [5.74, 6) is 0. The lowest BCUT2D eigenvalue weighted by Crippen LogP contribution is -2.41. The van der Waals surface area contributed by atoms with E-state index >= 15 is 0 Å². The summed E-state index contributed by atoms with van der Waals surface area (Å²) in [6.45, 7) is 2.24. The zero-order valence-electron chi connectivity index (χ0n) is 15.2. The first-order chi connectivity index (χ1) is 9.23. The number of hydrogen-bond acceptors (Lipinski definition) is 4. The molecule has 5 heteroatoms. The number of likely N-dealkylation sites (N-methyl/N-ethyl adjacent to an activating group) is 1. The average molecular weight is 230 g/mol. The van der Waals surface area contributed by atoms with Crippen LogP contribution < -0.4 is 0 Å². The standard InChI is InChI=1S/C11H20BNO3/c1-10(2)11(3,4)16-12(15-10)9-8-13(5)6-7-14-9/h8H,6-7H2,1-5H3/i6D2,7D2,8D. The van der Waals surface area contributed by atoms with Gasteiger partial charge in [-0.05, 0) is 27.7 Å². The molecule has 1 saturated heterocycles. The molecule has 2 heterocycles. The van der Waals surface area contributed by atoms with E-state index in [1.807, 2.05) is 27.7 Å². The van der Waals surface area contributed by atoms with Gasteiger partial charge in [0.25, 0.3) is 0 Å². The molecule has 16 heavy (non-hydrogen) atoms. The molecule has 0 saturated carbocycles. The quantitative estimate of drug-likeness (QED) is 0.637. The van der Waals surface area contributed by atoms with Crippen LogP contribution in [-0.2, 0) is 14.0 Å². The number of hydrogen-bond donors (Lipinski definition) is 0. The smallest absolute Gasteiger partial charge is 0.498 e. The predicted molar refractivity (Wildman–Crippen MR) is 62.7 cm³/mol. The molecule has 0 radical (unpaired) electrons. The van der Waals surface area contributed by atoms with Crippen molar-refractivity contribution in [1.29, 1.82) is 0 Å². The molecule has 0 atom stereocenters. The van der Waals surface area contributed by atoms with Crippen molar-refractivity contribution in [3.8, 4) is 0 Å². The molecule has 0 spiro atoms. The van der Waals surface area contributed by atoms with Gasteiger partial charge in [0, 0.05) is 13.2 Å². The summed E-state index contributed by atoms with van der Waals surface area (Å²) < 4.78 is 55.6. The maximum atomic E-state index is 8.01. The summed E-state index contributed by atoms with van der Waals surface area (Å²) in [5, 5.41) is 0. The molecule has 2 rings (SSSR count). The van der Waals surface area contributed by atoms with Gasteiger partial charge in [-0.1, -0.05) is 0 Å². The van der Waals surface area contributed by atoms with E-state index in [-0.39, 0.29) is 11.8 Å². The van der Waals surface area contributed by atoms with Crippen LogP contribution in [0.1, 0.15) is 34.5 Å². The first-order valence-electron chi connectivity index (χ1n) is 7.72. The van der Waals surface area contributed by atoms with E-state index in [1.54, 1.807) is 0 Å². The molecule has 0 amide bonds. The Labute approximate surface area is 105 Å². The Morgan fingerprint density at radius 3 is 2.50 bits per heavy atom. The summed E-state index contributed by atoms with van der Waals surface area (Å²) in [4.78, 5) is 0.886. The fourth-order valence-corrected chi connectivity index (χ4v) is 1.41. The fourth-order valence-electron chi connectivity index (χ4n) is 1.41. The lowest BCUT2D eigenvalue weighted by Gasteiger charge is -2.32. The van der Waals surface area contributed by atoms with Gasteiger partial charge < -0.3 is 18.9 Å². The maximum Gasteiger partial charge on any atom is 0.533 e. The van der Waals surface area contributed by atoms with Gasteiger partial charge in [-0.2, -0.15) is 0 Å². The molecule has 0 aliphatic carbocycles. The van der Waals surface area contributed by atoms with Crippen LogP contribution in [0, 0.1) is 0 Å². The van der Waals surface area contributed by atoms with Crippen molar-refractivity contribution in [3.05, 3.63) is 11.8 Å². The molecule has 2 aliphatic heterocycles. The highest BCUT2D eigenvalue weighted by atomic mass is 16.7. The number of ether oxygens (including phenoxy) is 1. The second-order valence-corrected chi connectivity index (χ2v) is 4.94. The maximum absolute atomic E-state index is 8.01. The SMILES string of the molecule is [2H]C1=C(B2OC(C)(C)C(C)(C)O2)OC([2H])([2H])C([2H])([2H])N1C. The van der Waals surface area contributed by atoms with Crippen LogP contribution in [0.25, 0.3) is 0 Å². The molecular weight excluding hydrogens is 205 g/mol. The third-order valence-electron chi connectivity index (χ3n) is 3.12. The Hall–Kier alpha value is -0.675. The van der Waals surface area contributed by atoms with Crippen LogP contribution in [0.2, 0.25) is 0 Å². The summed E-state index contributed by atoms with van der Waals surface area (Å²) in [6, 6.07) is 0. The largest absolute Gasteiger partial charge is 0.533 e. The van der Waals surface area contributed by atoms with Crippen LogP contribution in [-0.4, -0.2) is 43.3 Å². The summed E-state index contributed by atoms with van der Waals surface area (Å²) in [6.07, 6.45) is -0.298. The van der Waals surface area contributed by atoms with Crippen molar-refractivity contribution in [2.24, 2.45) is 0 Å². The Bertz CT molecular complexity index is 478. The van der Waals surface area contributed by atoms with Gasteiger partial charge in [0.1, 0.15) is 12.2 Å². The van der Waals surface area contributed by atoms with Crippen molar-refractivity contribution in [3.63, 3.8) is 0 Å². The van der Waals surface area contributed by atoms with Crippen LogP contribution in [0.5, 0.6) is 0 Å². The molecule has 0 aromatic rings. The van der Waals surface area contributed by atoms with Gasteiger partial charge in [0.05, 0.1) is 24.6 Å². The van der Waals surface area contributed by atoms with Gasteiger partial charge in [0.2, 0.25) is 0 Å². The molecule has 0 N–H and O–H groups in total. The van der Waals surface area contributed by atoms with Crippen LogP contribution >= 0.6 is 0 Å². The molecule has 0 aromatic heterocycles. The minimum Gasteiger partial charge on any atom is -0.498 e. The van der Waals surface area contributed by atoms with Gasteiger partial charge >= 0.3 is 7.12 Å². The molecule has 0 aromatic carbocycles. The van der Waals surface area contributed by atoms with Crippen LogP contribution in [0.4, 0.5) is 0 Å². The molecular formula is C11H20BNO3. The van der Waals surface area contributed by atoms with Crippen molar-refractivity contribution in [2.45, 2.75) is 38.9 Å². The molecule has 2 aliphatic rings. The van der Waals surface area contributed by atoms with Crippen molar-refractivity contribution >= 4 is 7.12 Å². The van der Waals surface area contributed by atoms with Crippen molar-refractivity contribution < 1.29 is 20.9 Å². The van der Waals surface area contributed by atoms with E-state index < -0.39 is 31.4 Å². The zero-order valence-corrected chi connectivity index (χ0v) is 10.2. The first kappa shape index (κ1) is 6.92. The second-order valence-electron chi connectivity index (χ2n) is 4.94. The van der Waals surface area contributed by atoms with E-state index in [9.17, 15) is 0 Å².